The Balaban J connectivity index is 0.00000192. The molecule has 0 saturated heterocycles. The van der Waals surface area contributed by atoms with Gasteiger partial charge < -0.3 is 9.67 Å². The minimum Gasteiger partial charge on any atom is -0.501 e. The molecule has 0 fully saturated rings. The summed E-state index contributed by atoms with van der Waals surface area (Å²) in [6, 6.07) is 5.03. The SMILES string of the molecule is Cl.O=c1ncn2ccn(Cc3ccc(Cl)c(Cl)c3)c(=O)c2c1O. The molecule has 0 aliphatic carbocycles. The number of hydrogen-bond acceptors (Lipinski definition) is 4. The van der Waals surface area contributed by atoms with Crippen LogP contribution < -0.4 is 11.1 Å². The van der Waals surface area contributed by atoms with Crippen LogP contribution in [0.25, 0.3) is 5.52 Å². The van der Waals surface area contributed by atoms with E-state index in [0.717, 1.165) is 5.56 Å². The molecule has 3 rings (SSSR count). The molecule has 0 unspecified atom stereocenters. The van der Waals surface area contributed by atoms with Gasteiger partial charge in [-0.3, -0.25) is 14.0 Å². The van der Waals surface area contributed by atoms with Crippen molar-refractivity contribution in [1.29, 1.82) is 0 Å². The summed E-state index contributed by atoms with van der Waals surface area (Å²) in [6.07, 6.45) is 4.24. The summed E-state index contributed by atoms with van der Waals surface area (Å²) in [6.45, 7) is 0.224. The van der Waals surface area contributed by atoms with Gasteiger partial charge in [-0.25, -0.2) is 0 Å². The molecule has 0 bridgehead atoms. The second kappa shape index (κ2) is 6.62. The number of hydrogen-bond donors (Lipinski definition) is 1. The van der Waals surface area contributed by atoms with Crippen molar-refractivity contribution in [2.75, 3.05) is 0 Å². The summed E-state index contributed by atoms with van der Waals surface area (Å²) < 4.78 is 2.65. The van der Waals surface area contributed by atoms with Crippen LogP contribution in [-0.2, 0) is 6.54 Å². The van der Waals surface area contributed by atoms with Gasteiger partial charge in [0.1, 0.15) is 6.33 Å². The van der Waals surface area contributed by atoms with E-state index < -0.39 is 16.9 Å². The average molecular weight is 375 g/mol. The average Bonchev–Trinajstić information content (AvgIpc) is 2.49. The lowest BCUT2D eigenvalue weighted by Crippen LogP contribution is -2.24. The van der Waals surface area contributed by atoms with Crippen molar-refractivity contribution in [2.24, 2.45) is 0 Å². The number of aromatic nitrogens is 3. The minimum absolute atomic E-state index is 0. The second-order valence-corrected chi connectivity index (χ2v) is 5.45. The molecule has 0 atom stereocenters. The number of halogens is 3. The summed E-state index contributed by atoms with van der Waals surface area (Å²) in [7, 11) is 0. The quantitative estimate of drug-likeness (QED) is 0.747. The maximum absolute atomic E-state index is 12.4. The summed E-state index contributed by atoms with van der Waals surface area (Å²) in [5.74, 6) is -0.670. The molecule has 23 heavy (non-hydrogen) atoms. The number of nitrogens with zero attached hydrogens (tertiary/aromatic N) is 3. The van der Waals surface area contributed by atoms with Crippen molar-refractivity contribution in [2.45, 2.75) is 6.54 Å². The van der Waals surface area contributed by atoms with Gasteiger partial charge in [0, 0.05) is 12.4 Å². The number of benzene rings is 1. The van der Waals surface area contributed by atoms with E-state index >= 15 is 0 Å². The maximum atomic E-state index is 12.4. The van der Waals surface area contributed by atoms with Crippen molar-refractivity contribution in [3.63, 3.8) is 0 Å². The van der Waals surface area contributed by atoms with E-state index in [9.17, 15) is 14.7 Å². The summed E-state index contributed by atoms with van der Waals surface area (Å²) >= 11 is 11.8. The molecule has 2 heterocycles. The zero-order valence-electron chi connectivity index (χ0n) is 11.4. The molecule has 3 aromatic rings. The predicted octanol–water partition coefficient (Wildman–Crippen LogP) is 2.34. The Morgan fingerprint density at radius 2 is 1.87 bits per heavy atom. The van der Waals surface area contributed by atoms with E-state index in [1.165, 1.54) is 27.7 Å². The summed E-state index contributed by atoms with van der Waals surface area (Å²) in [5.41, 5.74) is -0.714. The molecule has 0 radical (unpaired) electrons. The van der Waals surface area contributed by atoms with E-state index in [2.05, 4.69) is 4.98 Å². The third-order valence-corrected chi connectivity index (χ3v) is 3.93. The molecular weight excluding hydrogens is 365 g/mol. The van der Waals surface area contributed by atoms with Gasteiger partial charge in [0.05, 0.1) is 16.6 Å². The monoisotopic (exact) mass is 373 g/mol. The Bertz CT molecular complexity index is 998. The van der Waals surface area contributed by atoms with E-state index in [4.69, 9.17) is 23.2 Å². The van der Waals surface area contributed by atoms with Crippen molar-refractivity contribution in [3.8, 4) is 5.75 Å². The van der Waals surface area contributed by atoms with Gasteiger partial charge in [-0.15, -0.1) is 12.4 Å². The Morgan fingerprint density at radius 1 is 1.13 bits per heavy atom. The fourth-order valence-electron chi connectivity index (χ4n) is 2.10. The first-order valence-electron chi connectivity index (χ1n) is 6.20. The fourth-order valence-corrected chi connectivity index (χ4v) is 2.42. The Labute approximate surface area is 146 Å². The van der Waals surface area contributed by atoms with Gasteiger partial charge in [0.15, 0.2) is 5.52 Å². The number of rotatable bonds is 2. The molecule has 0 aliphatic rings. The van der Waals surface area contributed by atoms with Gasteiger partial charge in [0.2, 0.25) is 5.75 Å². The molecule has 120 valence electrons. The zero-order valence-corrected chi connectivity index (χ0v) is 13.8. The van der Waals surface area contributed by atoms with Gasteiger partial charge in [0.25, 0.3) is 5.56 Å². The molecule has 1 aromatic carbocycles. The van der Waals surface area contributed by atoms with Crippen LogP contribution in [0.2, 0.25) is 10.0 Å². The third-order valence-electron chi connectivity index (χ3n) is 3.19. The smallest absolute Gasteiger partial charge is 0.315 e. The molecule has 2 aromatic heterocycles. The molecule has 0 amide bonds. The Morgan fingerprint density at radius 3 is 2.57 bits per heavy atom. The van der Waals surface area contributed by atoms with Crippen molar-refractivity contribution in [1.82, 2.24) is 14.0 Å². The third kappa shape index (κ3) is 3.19. The standard InChI is InChI=1S/C14H9Cl2N3O3.ClH/c15-9-2-1-8(5-10(9)16)6-18-3-4-19-7-17-13(21)12(20)11(19)14(18)22;/h1-5,7,20H,6H2;1H. The first kappa shape index (κ1) is 17.3. The largest absolute Gasteiger partial charge is 0.501 e. The van der Waals surface area contributed by atoms with Gasteiger partial charge >= 0.3 is 5.56 Å². The first-order valence-corrected chi connectivity index (χ1v) is 6.96. The highest BCUT2D eigenvalue weighted by Crippen LogP contribution is 2.22. The van der Waals surface area contributed by atoms with Gasteiger partial charge in [-0.1, -0.05) is 29.3 Å². The van der Waals surface area contributed by atoms with Crippen LogP contribution in [0.1, 0.15) is 5.56 Å². The van der Waals surface area contributed by atoms with Crippen LogP contribution >= 0.6 is 35.6 Å². The molecule has 0 spiro atoms. The molecule has 1 N–H and O–H groups in total. The highest BCUT2D eigenvalue weighted by Gasteiger charge is 2.11. The van der Waals surface area contributed by atoms with Crippen LogP contribution in [0.5, 0.6) is 5.75 Å². The zero-order chi connectivity index (χ0) is 15.9. The van der Waals surface area contributed by atoms with E-state index in [0.29, 0.717) is 10.0 Å². The molecule has 0 saturated carbocycles. The second-order valence-electron chi connectivity index (χ2n) is 4.63. The predicted molar refractivity (Wildman–Crippen MR) is 90.2 cm³/mol. The lowest BCUT2D eigenvalue weighted by atomic mass is 10.2. The molecular formula is C14H10Cl3N3O3. The van der Waals surface area contributed by atoms with Crippen LogP contribution in [-0.4, -0.2) is 19.1 Å². The Hall–Kier alpha value is -2.02. The lowest BCUT2D eigenvalue weighted by molar-refractivity contribution is 0.468. The van der Waals surface area contributed by atoms with Gasteiger partial charge in [-0.2, -0.15) is 4.98 Å². The van der Waals surface area contributed by atoms with E-state index in [1.54, 1.807) is 18.2 Å². The lowest BCUT2D eigenvalue weighted by Gasteiger charge is -2.09. The van der Waals surface area contributed by atoms with Crippen LogP contribution in [0.3, 0.4) is 0 Å². The van der Waals surface area contributed by atoms with Gasteiger partial charge in [-0.05, 0) is 17.7 Å². The highest BCUT2D eigenvalue weighted by atomic mass is 35.5. The van der Waals surface area contributed by atoms with Crippen LogP contribution in [0.15, 0.2) is 46.5 Å². The Kier molecular flexibility index (Phi) is 4.99. The van der Waals surface area contributed by atoms with E-state index in [-0.39, 0.29) is 24.5 Å². The number of aromatic hydroxyl groups is 1. The molecule has 6 nitrogen and oxygen atoms in total. The minimum atomic E-state index is -0.843. The van der Waals surface area contributed by atoms with Crippen molar-refractivity contribution in [3.05, 3.63) is 73.2 Å². The topological polar surface area (TPSA) is 76.6 Å². The normalized spacial score (nSPS) is 10.5. The highest BCUT2D eigenvalue weighted by molar-refractivity contribution is 6.42. The molecule has 9 heteroatoms. The van der Waals surface area contributed by atoms with E-state index in [1.807, 2.05) is 0 Å². The summed E-state index contributed by atoms with van der Waals surface area (Å²) in [4.78, 5) is 27.3. The van der Waals surface area contributed by atoms with Crippen LogP contribution in [0, 0.1) is 0 Å². The van der Waals surface area contributed by atoms with Crippen molar-refractivity contribution >= 4 is 41.1 Å². The van der Waals surface area contributed by atoms with Crippen LogP contribution in [0.4, 0.5) is 0 Å². The number of fused-ring (bicyclic) bond motifs is 1. The fraction of sp³-hybridized carbons (Fsp3) is 0.0714. The first-order chi connectivity index (χ1) is 10.5. The molecule has 0 aliphatic heterocycles. The maximum Gasteiger partial charge on any atom is 0.315 e. The van der Waals surface area contributed by atoms with Crippen molar-refractivity contribution < 1.29 is 5.11 Å². The summed E-state index contributed by atoms with van der Waals surface area (Å²) in [5, 5.41) is 10.6.